The molecule has 7 nitrogen and oxygen atoms in total. The molecule has 0 atom stereocenters. The first-order valence-corrected chi connectivity index (χ1v) is 12.7. The molecule has 0 unspecified atom stereocenters. The van der Waals surface area contributed by atoms with Crippen LogP contribution in [0, 0.1) is 19.3 Å². The van der Waals surface area contributed by atoms with Gasteiger partial charge in [0.25, 0.3) is 0 Å². The molecule has 0 bridgehead atoms. The number of nitrogens with one attached hydrogen (secondary N) is 2. The Balaban J connectivity index is 0.000000934. The van der Waals surface area contributed by atoms with E-state index in [1.165, 1.54) is 28.2 Å². The number of hydrogen-bond acceptors (Lipinski definition) is 5. The maximum absolute atomic E-state index is 13.8. The summed E-state index contributed by atoms with van der Waals surface area (Å²) in [4.78, 5) is 13.8. The van der Waals surface area contributed by atoms with E-state index in [1.807, 2.05) is 74.5 Å². The Morgan fingerprint density at radius 1 is 1.00 bits per heavy atom. The number of unbranched alkanes of at least 4 members (excludes halogenated alkanes) is 1. The topological polar surface area (TPSA) is 98.1 Å². The summed E-state index contributed by atoms with van der Waals surface area (Å²) in [6.07, 6.45) is 4.13. The van der Waals surface area contributed by atoms with Crippen molar-refractivity contribution >= 4 is 17.2 Å². The van der Waals surface area contributed by atoms with Gasteiger partial charge >= 0.3 is 5.69 Å². The van der Waals surface area contributed by atoms with E-state index in [4.69, 9.17) is 15.9 Å². The molecule has 4 rings (SSSR count). The van der Waals surface area contributed by atoms with Crippen molar-refractivity contribution in [3.8, 4) is 22.9 Å². The first-order chi connectivity index (χ1) is 18.2. The molecule has 0 aliphatic carbocycles. The summed E-state index contributed by atoms with van der Waals surface area (Å²) in [7, 11) is 0. The highest BCUT2D eigenvalue weighted by Gasteiger charge is 2.24. The lowest BCUT2D eigenvalue weighted by Crippen LogP contribution is -2.24. The molecule has 0 saturated carbocycles. The van der Waals surface area contributed by atoms with Crippen LogP contribution in [0.25, 0.3) is 11.4 Å². The largest absolute Gasteiger partial charge is 0.457 e. The van der Waals surface area contributed by atoms with E-state index >= 15 is 0 Å². The van der Waals surface area contributed by atoms with Gasteiger partial charge in [0.05, 0.1) is 17.1 Å². The third kappa shape index (κ3) is 6.24. The van der Waals surface area contributed by atoms with Gasteiger partial charge in [-0.15, -0.1) is 0 Å². The van der Waals surface area contributed by atoms with Crippen LogP contribution >= 0.6 is 0 Å². The molecule has 0 radical (unpaired) electrons. The molecule has 4 aromatic rings. The highest BCUT2D eigenvalue weighted by Crippen LogP contribution is 2.29. The fourth-order valence-electron chi connectivity index (χ4n) is 4.03. The lowest BCUT2D eigenvalue weighted by molar-refractivity contribution is 0.482. The summed E-state index contributed by atoms with van der Waals surface area (Å²) < 4.78 is 9.00. The van der Waals surface area contributed by atoms with Crippen LogP contribution < -0.4 is 21.5 Å². The second-order valence-electron chi connectivity index (χ2n) is 9.09. The number of imidazole rings is 1. The fourth-order valence-corrected chi connectivity index (χ4v) is 4.03. The summed E-state index contributed by atoms with van der Waals surface area (Å²) >= 11 is 0. The maximum Gasteiger partial charge on any atom is 0.339 e. The zero-order chi connectivity index (χ0) is 27.8. The molecule has 0 spiro atoms. The van der Waals surface area contributed by atoms with Gasteiger partial charge in [-0.3, -0.25) is 4.57 Å². The number of rotatable bonds is 8. The number of nitrogens with zero attached hydrogens (tertiary/aromatic N) is 2. The van der Waals surface area contributed by atoms with Gasteiger partial charge in [-0.25, -0.2) is 9.36 Å². The van der Waals surface area contributed by atoms with Crippen LogP contribution in [-0.2, 0) is 0 Å². The van der Waals surface area contributed by atoms with Gasteiger partial charge in [-0.2, -0.15) is 0 Å². The highest BCUT2D eigenvalue weighted by atomic mass is 16.5. The van der Waals surface area contributed by atoms with Crippen LogP contribution in [0.5, 0.6) is 11.5 Å². The fraction of sp³-hybridized carbons (Fsp3) is 0.226. The monoisotopic (exact) mass is 511 g/mol. The van der Waals surface area contributed by atoms with Crippen LogP contribution in [-0.4, -0.2) is 14.8 Å². The van der Waals surface area contributed by atoms with Crippen LogP contribution in [0.2, 0.25) is 0 Å². The maximum atomic E-state index is 13.8. The first kappa shape index (κ1) is 28.1. The summed E-state index contributed by atoms with van der Waals surface area (Å²) in [6.45, 7) is 13.6. The molecular weight excluding hydrogens is 474 g/mol. The van der Waals surface area contributed by atoms with Crippen molar-refractivity contribution in [1.29, 1.82) is 5.41 Å². The molecular formula is C31H37N5O2. The van der Waals surface area contributed by atoms with E-state index in [9.17, 15) is 4.79 Å². The van der Waals surface area contributed by atoms with Crippen LogP contribution in [0.15, 0.2) is 84.3 Å². The minimum Gasteiger partial charge on any atom is -0.457 e. The Morgan fingerprint density at radius 3 is 2.24 bits per heavy atom. The minimum absolute atomic E-state index is 0.227. The number of anilines is 2. The standard InChI is InChI=1S/C27H27N5O2.C4H10/c1-5-30-26-25(19(4)28)32(27(33)31(26)21-14-17(2)13-20(29)16-21)24-12-11-23(15-18(24)3)34-22-9-7-6-8-10-22;1-3-4-2/h5-16,28,30H,1,29H2,2-4H3;3-4H2,1-2H3. The number of ether oxygens (including phenoxy) is 1. The van der Waals surface area contributed by atoms with E-state index in [0.29, 0.717) is 34.3 Å². The van der Waals surface area contributed by atoms with E-state index in [2.05, 4.69) is 25.7 Å². The van der Waals surface area contributed by atoms with E-state index < -0.39 is 0 Å². The zero-order valence-electron chi connectivity index (χ0n) is 22.8. The number of nitrogen functional groups attached to an aromatic ring is 1. The number of hydrogen-bond donors (Lipinski definition) is 3. The van der Waals surface area contributed by atoms with Crippen molar-refractivity contribution in [3.63, 3.8) is 0 Å². The second-order valence-corrected chi connectivity index (χ2v) is 9.09. The van der Waals surface area contributed by atoms with Crippen molar-refractivity contribution < 1.29 is 4.74 Å². The smallest absolute Gasteiger partial charge is 0.339 e. The molecule has 0 fully saturated rings. The van der Waals surface area contributed by atoms with Crippen molar-refractivity contribution in [2.45, 2.75) is 47.5 Å². The van der Waals surface area contributed by atoms with Gasteiger partial charge in [-0.1, -0.05) is 51.5 Å². The minimum atomic E-state index is -0.323. The quantitative estimate of drug-likeness (QED) is 0.170. The van der Waals surface area contributed by atoms with Crippen LogP contribution in [0.4, 0.5) is 11.5 Å². The van der Waals surface area contributed by atoms with Crippen LogP contribution in [0.1, 0.15) is 50.4 Å². The molecule has 0 saturated heterocycles. The van der Waals surface area contributed by atoms with Gasteiger partial charge in [0, 0.05) is 5.69 Å². The first-order valence-electron chi connectivity index (χ1n) is 12.7. The molecule has 198 valence electrons. The summed E-state index contributed by atoms with van der Waals surface area (Å²) in [5, 5.41) is 11.5. The molecule has 3 aromatic carbocycles. The number of nitrogens with two attached hydrogens (primary N) is 1. The molecule has 38 heavy (non-hydrogen) atoms. The third-order valence-corrected chi connectivity index (χ3v) is 5.88. The van der Waals surface area contributed by atoms with Gasteiger partial charge < -0.3 is 21.2 Å². The van der Waals surface area contributed by atoms with Crippen molar-refractivity contribution in [3.05, 3.63) is 107 Å². The normalized spacial score (nSPS) is 10.3. The van der Waals surface area contributed by atoms with Crippen molar-refractivity contribution in [2.75, 3.05) is 11.1 Å². The van der Waals surface area contributed by atoms with Gasteiger partial charge in [0.1, 0.15) is 23.0 Å². The molecule has 4 N–H and O–H groups in total. The van der Waals surface area contributed by atoms with Crippen molar-refractivity contribution in [2.24, 2.45) is 0 Å². The zero-order valence-corrected chi connectivity index (χ0v) is 22.8. The molecule has 0 aliphatic heterocycles. The van der Waals surface area contributed by atoms with Gasteiger partial charge in [0.2, 0.25) is 0 Å². The second kappa shape index (κ2) is 12.6. The molecule has 7 heteroatoms. The number of aryl methyl sites for hydroxylation is 2. The molecule has 0 aliphatic rings. The Kier molecular flexibility index (Phi) is 9.33. The Bertz CT molecular complexity index is 1460. The number of benzene rings is 3. The van der Waals surface area contributed by atoms with Gasteiger partial charge in [0.15, 0.2) is 0 Å². The summed E-state index contributed by atoms with van der Waals surface area (Å²) in [6, 6.07) is 20.5. The highest BCUT2D eigenvalue weighted by molar-refractivity contribution is 6.00. The third-order valence-electron chi connectivity index (χ3n) is 5.88. The van der Waals surface area contributed by atoms with Crippen LogP contribution in [0.3, 0.4) is 0 Å². The molecule has 1 aromatic heterocycles. The predicted molar refractivity (Wildman–Crippen MR) is 159 cm³/mol. The Morgan fingerprint density at radius 2 is 1.68 bits per heavy atom. The summed E-state index contributed by atoms with van der Waals surface area (Å²) in [5.74, 6) is 1.83. The van der Waals surface area contributed by atoms with E-state index in [1.54, 1.807) is 13.0 Å². The van der Waals surface area contributed by atoms with E-state index in [0.717, 1.165) is 16.9 Å². The SMILES string of the molecule is C=CNc1c(C(C)=N)n(-c2ccc(Oc3ccccc3)cc2C)c(=O)n1-c1cc(C)cc(N)c1.CCCC. The summed E-state index contributed by atoms with van der Waals surface area (Å²) in [5.41, 5.74) is 9.96. The lowest BCUT2D eigenvalue weighted by atomic mass is 10.1. The van der Waals surface area contributed by atoms with Crippen molar-refractivity contribution in [1.82, 2.24) is 9.13 Å². The Hall–Kier alpha value is -4.52. The Labute approximate surface area is 224 Å². The average Bonchev–Trinajstić information content (AvgIpc) is 3.16. The average molecular weight is 512 g/mol. The predicted octanol–water partition coefficient (Wildman–Crippen LogP) is 7.37. The number of aromatic nitrogens is 2. The molecule has 0 amide bonds. The number of para-hydroxylation sites is 1. The molecule has 1 heterocycles. The van der Waals surface area contributed by atoms with Gasteiger partial charge in [-0.05, 0) is 86.6 Å². The van der Waals surface area contributed by atoms with E-state index in [-0.39, 0.29) is 11.4 Å². The lowest BCUT2D eigenvalue weighted by Gasteiger charge is -2.13.